The fourth-order valence-electron chi connectivity index (χ4n) is 7.98. The second-order valence-corrected chi connectivity index (χ2v) is 14.0. The molecule has 0 bridgehead atoms. The number of carboxylic acid groups (broad SMARTS) is 1. The maximum absolute atomic E-state index is 13.5. The molecule has 262 valence electrons. The van der Waals surface area contributed by atoms with E-state index in [1.165, 1.54) is 16.8 Å². The highest BCUT2D eigenvalue weighted by Crippen LogP contribution is 2.47. The number of anilines is 1. The molecule has 0 saturated carbocycles. The van der Waals surface area contributed by atoms with Crippen LogP contribution in [0.1, 0.15) is 73.9 Å². The van der Waals surface area contributed by atoms with Gasteiger partial charge in [0.15, 0.2) is 0 Å². The molecule has 4 aliphatic rings. The summed E-state index contributed by atoms with van der Waals surface area (Å²) in [5.74, 6) is 12.1. The largest absolute Gasteiger partial charge is 0.465 e. The van der Waals surface area contributed by atoms with Crippen LogP contribution in [0.15, 0.2) is 91.3 Å². The predicted octanol–water partition coefficient (Wildman–Crippen LogP) is 4.49. The molecule has 12 heteroatoms. The Morgan fingerprint density at radius 1 is 0.840 bits per heavy atom. The minimum atomic E-state index is -1.20. The number of rotatable bonds is 9. The van der Waals surface area contributed by atoms with E-state index in [-0.39, 0.29) is 36.1 Å². The van der Waals surface area contributed by atoms with Crippen molar-refractivity contribution in [2.75, 3.05) is 18.1 Å². The van der Waals surface area contributed by atoms with E-state index in [1.54, 1.807) is 14.9 Å². The molecular weight excluding hydrogens is 630 g/mol. The average Bonchev–Trinajstić information content (AvgIpc) is 3.94. The lowest BCUT2D eigenvalue weighted by atomic mass is 10.0. The van der Waals surface area contributed by atoms with Crippen molar-refractivity contribution < 1.29 is 14.7 Å². The molecule has 4 heterocycles. The van der Waals surface area contributed by atoms with Gasteiger partial charge in [-0.3, -0.25) is 14.8 Å². The Balaban J connectivity index is 1.07. The molecule has 4 aliphatic heterocycles. The van der Waals surface area contributed by atoms with Crippen LogP contribution < -0.4 is 32.5 Å². The first-order chi connectivity index (χ1) is 24.2. The van der Waals surface area contributed by atoms with E-state index in [9.17, 15) is 14.7 Å². The highest BCUT2D eigenvalue weighted by atomic mass is 16.4. The van der Waals surface area contributed by atoms with Gasteiger partial charge < -0.3 is 30.9 Å². The summed E-state index contributed by atoms with van der Waals surface area (Å²) in [6.45, 7) is 4.87. The summed E-state index contributed by atoms with van der Waals surface area (Å²) in [7, 11) is 0. The second kappa shape index (κ2) is 14.0. The molecule has 0 aliphatic carbocycles. The Bertz CT molecular complexity index is 1750. The summed E-state index contributed by atoms with van der Waals surface area (Å²) in [5, 5.41) is 22.0. The fourth-order valence-corrected chi connectivity index (χ4v) is 7.98. The number of hydrogen-bond donors (Lipinski definition) is 6. The minimum Gasteiger partial charge on any atom is -0.465 e. The van der Waals surface area contributed by atoms with Crippen molar-refractivity contribution in [1.29, 1.82) is 0 Å². The third kappa shape index (κ3) is 6.56. The van der Waals surface area contributed by atoms with Crippen molar-refractivity contribution in [3.63, 3.8) is 0 Å². The van der Waals surface area contributed by atoms with Crippen LogP contribution in [0, 0.1) is 5.92 Å². The van der Waals surface area contributed by atoms with Crippen molar-refractivity contribution >= 4 is 29.1 Å². The van der Waals surface area contributed by atoms with Gasteiger partial charge in [0.1, 0.15) is 18.9 Å². The molecular formula is C38H47N9O3. The van der Waals surface area contributed by atoms with E-state index in [0.29, 0.717) is 13.2 Å². The molecule has 7 rings (SSSR count). The summed E-state index contributed by atoms with van der Waals surface area (Å²) < 4.78 is 0. The zero-order valence-electron chi connectivity index (χ0n) is 28.6. The summed E-state index contributed by atoms with van der Waals surface area (Å²) >= 11 is 0. The molecule has 3 aromatic carbocycles. The third-order valence-electron chi connectivity index (χ3n) is 10.5. The number of nitrogens with zero attached hydrogens (tertiary/aromatic N) is 4. The number of benzene rings is 3. The first-order valence-electron chi connectivity index (χ1n) is 17.5. The number of nitrogens with one attached hydrogen (secondary N) is 3. The normalized spacial score (nSPS) is 23.9. The topological polar surface area (TPSA) is 155 Å². The summed E-state index contributed by atoms with van der Waals surface area (Å²) in [6, 6.07) is 27.6. The molecule has 3 aromatic rings. The fraction of sp³-hybridized carbons (Fsp3) is 0.368. The van der Waals surface area contributed by atoms with Crippen LogP contribution in [-0.4, -0.2) is 63.5 Å². The molecule has 5 atom stereocenters. The van der Waals surface area contributed by atoms with Crippen molar-refractivity contribution in [3.05, 3.63) is 114 Å². The highest BCUT2D eigenvalue weighted by Gasteiger charge is 2.42. The van der Waals surface area contributed by atoms with Gasteiger partial charge in [0.05, 0.1) is 29.5 Å². The van der Waals surface area contributed by atoms with Gasteiger partial charge >= 0.3 is 6.09 Å². The Hall–Kier alpha value is -5.20. The van der Waals surface area contributed by atoms with Crippen molar-refractivity contribution in [1.82, 2.24) is 30.9 Å². The summed E-state index contributed by atoms with van der Waals surface area (Å²) in [6.07, 6.45) is 5.96. The number of likely N-dealkylation sites (tertiary alicyclic amines) is 1. The predicted molar refractivity (Wildman–Crippen MR) is 194 cm³/mol. The molecule has 2 saturated heterocycles. The van der Waals surface area contributed by atoms with Gasteiger partial charge in [0, 0.05) is 24.6 Å². The van der Waals surface area contributed by atoms with E-state index >= 15 is 0 Å². The molecule has 12 nitrogen and oxygen atoms in total. The van der Waals surface area contributed by atoms with Gasteiger partial charge in [-0.15, -0.1) is 0 Å². The van der Waals surface area contributed by atoms with Crippen LogP contribution >= 0.6 is 0 Å². The molecule has 8 N–H and O–H groups in total. The maximum atomic E-state index is 13.5. The smallest absolute Gasteiger partial charge is 0.405 e. The Morgan fingerprint density at radius 3 is 2.02 bits per heavy atom. The van der Waals surface area contributed by atoms with Gasteiger partial charge in [-0.25, -0.2) is 16.5 Å². The van der Waals surface area contributed by atoms with Crippen molar-refractivity contribution in [3.8, 4) is 0 Å². The lowest BCUT2D eigenvalue weighted by Crippen LogP contribution is -2.59. The van der Waals surface area contributed by atoms with Crippen molar-refractivity contribution in [2.24, 2.45) is 17.6 Å². The highest BCUT2D eigenvalue weighted by molar-refractivity contribution is 5.86. The number of para-hydroxylation sites is 1. The Kier molecular flexibility index (Phi) is 9.30. The van der Waals surface area contributed by atoms with E-state index in [0.717, 1.165) is 48.2 Å². The lowest BCUT2D eigenvalue weighted by molar-refractivity contribution is -0.136. The third-order valence-corrected chi connectivity index (χ3v) is 10.5. The first-order valence-corrected chi connectivity index (χ1v) is 17.5. The van der Waals surface area contributed by atoms with Gasteiger partial charge in [0.2, 0.25) is 5.91 Å². The first kappa shape index (κ1) is 33.3. The van der Waals surface area contributed by atoms with E-state index < -0.39 is 12.1 Å². The molecule has 0 radical (unpaired) electrons. The second-order valence-electron chi connectivity index (χ2n) is 14.0. The van der Waals surface area contributed by atoms with Gasteiger partial charge in [-0.05, 0) is 66.0 Å². The van der Waals surface area contributed by atoms with Crippen LogP contribution in [0.3, 0.4) is 0 Å². The van der Waals surface area contributed by atoms with Gasteiger partial charge in [-0.2, -0.15) is 0 Å². The van der Waals surface area contributed by atoms with Gasteiger partial charge in [0.25, 0.3) is 0 Å². The average molecular weight is 678 g/mol. The molecule has 0 aromatic heterocycles. The van der Waals surface area contributed by atoms with Crippen molar-refractivity contribution in [2.45, 2.75) is 69.9 Å². The minimum absolute atomic E-state index is 0.179. The molecule has 2 fully saturated rings. The Morgan fingerprint density at radius 2 is 1.46 bits per heavy atom. The molecule has 2 amide bonds. The number of hydrazine groups is 2. The van der Waals surface area contributed by atoms with Crippen LogP contribution in [0.4, 0.5) is 10.5 Å². The molecule has 1 unspecified atom stereocenters. The summed E-state index contributed by atoms with van der Waals surface area (Å²) in [5.41, 5.74) is 7.78. The summed E-state index contributed by atoms with van der Waals surface area (Å²) in [4.78, 5) is 29.3. The quantitative estimate of drug-likeness (QED) is 0.179. The zero-order chi connectivity index (χ0) is 34.9. The van der Waals surface area contributed by atoms with Crippen LogP contribution in [0.25, 0.3) is 11.4 Å². The van der Waals surface area contributed by atoms with Gasteiger partial charge in [-0.1, -0.05) is 80.6 Å². The number of nitrogens with two attached hydrogens (primary N) is 2. The van der Waals surface area contributed by atoms with Crippen LogP contribution in [0.5, 0.6) is 0 Å². The van der Waals surface area contributed by atoms with E-state index in [2.05, 4.69) is 99.7 Å². The zero-order valence-corrected chi connectivity index (χ0v) is 28.6. The number of amides is 2. The van der Waals surface area contributed by atoms with E-state index in [1.807, 2.05) is 26.2 Å². The monoisotopic (exact) mass is 677 g/mol. The maximum Gasteiger partial charge on any atom is 0.405 e. The lowest BCUT2D eigenvalue weighted by Gasteiger charge is -2.36. The number of carbonyl (C=O) groups is 2. The standard InChI is InChI=1S/C38H47N9O3/c1-24(2)35(43-38(49)50)37(48)45-20-6-9-34(45)36-42-31(22-46(36)40)26-12-16-28(17-13-26)33-19-18-32(47(33)29-7-4-3-5-8-29)27-14-10-25(11-15-27)30-21-44(39)23-41-30/h3-5,7-8,10-17,21-22,24,32-36,41-43H,6,9,18-20,23,39-40H2,1-2H3,(H,49,50)/t32-,33+,34+,35+,36?/m1/s1. The van der Waals surface area contributed by atoms with Crippen LogP contribution in [-0.2, 0) is 4.79 Å². The van der Waals surface area contributed by atoms with Crippen LogP contribution in [0.2, 0.25) is 0 Å². The van der Waals surface area contributed by atoms with E-state index in [4.69, 9.17) is 11.7 Å². The number of carbonyl (C=O) groups excluding carboxylic acids is 1. The molecule has 0 spiro atoms. The number of hydrogen-bond acceptors (Lipinski definition) is 9. The SMILES string of the molecule is CC(C)[C@H](NC(=O)O)C(=O)N1CCC[C@H]1C1NC(c2ccc([C@@H]3CC[C@H](c4ccc(C5=CN(N)CN5)cc4)N3c3ccccc3)cc2)=CN1N. The molecule has 50 heavy (non-hydrogen) atoms. The Labute approximate surface area is 293 Å².